The fraction of sp³-hybridized carbons (Fsp3) is 0.867. The van der Waals surface area contributed by atoms with Crippen LogP contribution in [0.25, 0.3) is 0 Å². The molecule has 0 heterocycles. The summed E-state index contributed by atoms with van der Waals surface area (Å²) >= 11 is 0. The topological polar surface area (TPSA) is 67.4 Å². The molecule has 0 radical (unpaired) electrons. The Labute approximate surface area is 121 Å². The molecule has 3 atom stereocenters. The van der Waals surface area contributed by atoms with Crippen LogP contribution in [0, 0.1) is 11.8 Å². The van der Waals surface area contributed by atoms with E-state index in [9.17, 15) is 9.59 Å². The second kappa shape index (κ2) is 8.12. The summed E-state index contributed by atoms with van der Waals surface area (Å²) in [4.78, 5) is 23.7. The van der Waals surface area contributed by atoms with E-state index in [0.29, 0.717) is 18.3 Å². The highest BCUT2D eigenvalue weighted by Gasteiger charge is 2.26. The van der Waals surface area contributed by atoms with Gasteiger partial charge in [0.25, 0.3) is 0 Å². The van der Waals surface area contributed by atoms with Gasteiger partial charge >= 0.3 is 12.0 Å². The molecule has 2 amide bonds. The van der Waals surface area contributed by atoms with Crippen LogP contribution in [0.1, 0.15) is 52.9 Å². The van der Waals surface area contributed by atoms with Crippen molar-refractivity contribution >= 4 is 12.0 Å². The first-order valence-electron chi connectivity index (χ1n) is 7.59. The van der Waals surface area contributed by atoms with E-state index >= 15 is 0 Å². The van der Waals surface area contributed by atoms with Gasteiger partial charge in [0.2, 0.25) is 0 Å². The maximum Gasteiger partial charge on any atom is 0.328 e. The first kappa shape index (κ1) is 16.8. The van der Waals surface area contributed by atoms with Crippen LogP contribution >= 0.6 is 0 Å². The van der Waals surface area contributed by atoms with E-state index in [2.05, 4.69) is 17.6 Å². The number of carbonyl (C=O) groups excluding carboxylic acids is 2. The van der Waals surface area contributed by atoms with E-state index in [-0.39, 0.29) is 18.0 Å². The zero-order valence-corrected chi connectivity index (χ0v) is 13.1. The Morgan fingerprint density at radius 2 is 1.90 bits per heavy atom. The van der Waals surface area contributed by atoms with Crippen molar-refractivity contribution in [1.29, 1.82) is 0 Å². The van der Waals surface area contributed by atoms with Crippen molar-refractivity contribution in [3.05, 3.63) is 0 Å². The van der Waals surface area contributed by atoms with Crippen molar-refractivity contribution in [3.8, 4) is 0 Å². The molecule has 20 heavy (non-hydrogen) atoms. The van der Waals surface area contributed by atoms with Gasteiger partial charge in [-0.15, -0.1) is 0 Å². The van der Waals surface area contributed by atoms with E-state index in [4.69, 9.17) is 4.74 Å². The van der Waals surface area contributed by atoms with Gasteiger partial charge in [-0.1, -0.05) is 33.6 Å². The maximum atomic E-state index is 12.0. The molecular formula is C15H28N2O3. The summed E-state index contributed by atoms with van der Waals surface area (Å²) in [5.41, 5.74) is 0. The van der Waals surface area contributed by atoms with Crippen molar-refractivity contribution < 1.29 is 14.3 Å². The van der Waals surface area contributed by atoms with Crippen LogP contribution in [0.2, 0.25) is 0 Å². The van der Waals surface area contributed by atoms with Gasteiger partial charge in [0.15, 0.2) is 0 Å². The summed E-state index contributed by atoms with van der Waals surface area (Å²) in [7, 11) is 1.35. The predicted octanol–water partition coefficient (Wildman–Crippen LogP) is 2.45. The molecule has 0 aliphatic heterocycles. The number of nitrogens with one attached hydrogen (secondary N) is 2. The SMILES string of the molecule is COC(=O)[C@H](CC(C)C)NC(=O)N[C@@H]1CCCC[C@H]1C. The van der Waals surface area contributed by atoms with Gasteiger partial charge in [-0.05, 0) is 31.1 Å². The minimum atomic E-state index is -0.570. The minimum absolute atomic E-state index is 0.209. The van der Waals surface area contributed by atoms with E-state index in [1.54, 1.807) is 0 Å². The normalized spacial score (nSPS) is 24.1. The number of hydrogen-bond donors (Lipinski definition) is 2. The second-order valence-electron chi connectivity index (χ2n) is 6.19. The predicted molar refractivity (Wildman–Crippen MR) is 78.3 cm³/mol. The number of methoxy groups -OCH3 is 1. The van der Waals surface area contributed by atoms with Gasteiger partial charge in [-0.3, -0.25) is 0 Å². The van der Waals surface area contributed by atoms with Crippen molar-refractivity contribution in [2.45, 2.75) is 65.0 Å². The fourth-order valence-corrected chi connectivity index (χ4v) is 2.73. The zero-order valence-electron chi connectivity index (χ0n) is 13.1. The molecule has 1 fully saturated rings. The average Bonchev–Trinajstić information content (AvgIpc) is 2.39. The highest BCUT2D eigenvalue weighted by molar-refractivity contribution is 5.83. The lowest BCUT2D eigenvalue weighted by Crippen LogP contribution is -2.51. The molecule has 0 aromatic carbocycles. The number of urea groups is 1. The Bertz CT molecular complexity index is 331. The Hall–Kier alpha value is -1.26. The molecule has 1 saturated carbocycles. The fourth-order valence-electron chi connectivity index (χ4n) is 2.73. The van der Waals surface area contributed by atoms with E-state index < -0.39 is 6.04 Å². The second-order valence-corrected chi connectivity index (χ2v) is 6.19. The number of carbonyl (C=O) groups is 2. The first-order chi connectivity index (χ1) is 9.43. The molecule has 5 nitrogen and oxygen atoms in total. The van der Waals surface area contributed by atoms with E-state index in [1.165, 1.54) is 13.5 Å². The van der Waals surface area contributed by atoms with Crippen LogP contribution < -0.4 is 10.6 Å². The lowest BCUT2D eigenvalue weighted by Gasteiger charge is -2.30. The lowest BCUT2D eigenvalue weighted by atomic mass is 9.86. The van der Waals surface area contributed by atoms with Crippen molar-refractivity contribution in [2.75, 3.05) is 7.11 Å². The number of esters is 1. The summed E-state index contributed by atoms with van der Waals surface area (Å²) in [6, 6.07) is -0.625. The summed E-state index contributed by atoms with van der Waals surface area (Å²) in [5.74, 6) is 0.426. The monoisotopic (exact) mass is 284 g/mol. The molecule has 5 heteroatoms. The van der Waals surface area contributed by atoms with Crippen LogP contribution in [-0.2, 0) is 9.53 Å². The Morgan fingerprint density at radius 1 is 1.25 bits per heavy atom. The van der Waals surface area contributed by atoms with Crippen LogP contribution in [0.15, 0.2) is 0 Å². The summed E-state index contributed by atoms with van der Waals surface area (Å²) < 4.78 is 4.74. The Balaban J connectivity index is 2.50. The minimum Gasteiger partial charge on any atom is -0.467 e. The molecule has 116 valence electrons. The van der Waals surface area contributed by atoms with Gasteiger partial charge in [-0.25, -0.2) is 9.59 Å². The van der Waals surface area contributed by atoms with Gasteiger partial charge in [0, 0.05) is 6.04 Å². The van der Waals surface area contributed by atoms with Crippen LogP contribution in [0.3, 0.4) is 0 Å². The number of ether oxygens (including phenoxy) is 1. The molecule has 1 aliphatic carbocycles. The van der Waals surface area contributed by atoms with Gasteiger partial charge in [0.1, 0.15) is 6.04 Å². The van der Waals surface area contributed by atoms with E-state index in [1.807, 2.05) is 13.8 Å². The maximum absolute atomic E-state index is 12.0. The first-order valence-corrected chi connectivity index (χ1v) is 7.59. The van der Waals surface area contributed by atoms with Gasteiger partial charge in [-0.2, -0.15) is 0 Å². The lowest BCUT2D eigenvalue weighted by molar-refractivity contribution is -0.143. The van der Waals surface area contributed by atoms with Gasteiger partial charge < -0.3 is 15.4 Å². The highest BCUT2D eigenvalue weighted by atomic mass is 16.5. The molecule has 1 aliphatic rings. The summed E-state index contributed by atoms with van der Waals surface area (Å²) in [6.07, 6.45) is 5.14. The average molecular weight is 284 g/mol. The molecule has 0 aromatic heterocycles. The third-order valence-electron chi connectivity index (χ3n) is 3.93. The molecule has 0 spiro atoms. The van der Waals surface area contributed by atoms with Gasteiger partial charge in [0.05, 0.1) is 7.11 Å². The van der Waals surface area contributed by atoms with Crippen molar-refractivity contribution in [1.82, 2.24) is 10.6 Å². The Morgan fingerprint density at radius 3 is 2.45 bits per heavy atom. The largest absolute Gasteiger partial charge is 0.467 e. The summed E-state index contributed by atoms with van der Waals surface area (Å²) in [6.45, 7) is 6.19. The van der Waals surface area contributed by atoms with E-state index in [0.717, 1.165) is 19.3 Å². The molecule has 1 rings (SSSR count). The van der Waals surface area contributed by atoms with Crippen LogP contribution in [0.5, 0.6) is 0 Å². The third kappa shape index (κ3) is 5.39. The number of rotatable bonds is 5. The standard InChI is InChI=1S/C15H28N2O3/c1-10(2)9-13(14(18)20-4)17-15(19)16-12-8-6-5-7-11(12)3/h10-13H,5-9H2,1-4H3,(H2,16,17,19)/t11-,12-,13+/m1/s1. The number of hydrogen-bond acceptors (Lipinski definition) is 3. The summed E-state index contributed by atoms with van der Waals surface area (Å²) in [5, 5.41) is 5.74. The molecular weight excluding hydrogens is 256 g/mol. The van der Waals surface area contributed by atoms with Crippen molar-refractivity contribution in [2.24, 2.45) is 11.8 Å². The molecule has 2 N–H and O–H groups in total. The number of amides is 2. The smallest absolute Gasteiger partial charge is 0.328 e. The molecule has 0 aromatic rings. The van der Waals surface area contributed by atoms with Crippen LogP contribution in [-0.4, -0.2) is 31.2 Å². The molecule has 0 saturated heterocycles. The highest BCUT2D eigenvalue weighted by Crippen LogP contribution is 2.23. The Kier molecular flexibility index (Phi) is 6.82. The third-order valence-corrected chi connectivity index (χ3v) is 3.93. The molecule has 0 bridgehead atoms. The quantitative estimate of drug-likeness (QED) is 0.762. The van der Waals surface area contributed by atoms with Crippen LogP contribution in [0.4, 0.5) is 4.79 Å². The molecule has 0 unspecified atom stereocenters. The zero-order chi connectivity index (χ0) is 15.1. The van der Waals surface area contributed by atoms with Crippen molar-refractivity contribution in [3.63, 3.8) is 0 Å².